The van der Waals surface area contributed by atoms with Crippen LogP contribution in [0.15, 0.2) is 52.1 Å². The number of hydrogen-bond acceptors (Lipinski definition) is 19. The molecule has 5 rings (SSSR count). The number of unbranched alkanes of at least 4 members (excludes halogenated alkanes) is 2. The van der Waals surface area contributed by atoms with Crippen LogP contribution in [0.1, 0.15) is 121 Å². The van der Waals surface area contributed by atoms with Crippen molar-refractivity contribution in [2.24, 2.45) is 23.3 Å². The molecule has 0 spiro atoms. The maximum atomic E-state index is 14.5. The average Bonchev–Trinajstić information content (AvgIpc) is 2.08. The number of rotatable bonds is 37. The summed E-state index contributed by atoms with van der Waals surface area (Å²) in [6.45, 7) is 8.25. The van der Waals surface area contributed by atoms with E-state index in [4.69, 9.17) is 16.5 Å². The van der Waals surface area contributed by atoms with Gasteiger partial charge in [-0.3, -0.25) is 67.6 Å². The molecule has 28 nitrogen and oxygen atoms in total. The van der Waals surface area contributed by atoms with Crippen LogP contribution in [0.5, 0.6) is 0 Å². The minimum atomic E-state index is -1.27. The van der Waals surface area contributed by atoms with E-state index in [1.807, 2.05) is 20.8 Å². The number of amides is 5. The van der Waals surface area contributed by atoms with E-state index in [0.717, 1.165) is 5.56 Å². The van der Waals surface area contributed by atoms with Crippen LogP contribution in [-0.2, 0) is 69.1 Å². The number of benzene rings is 1. The molecule has 501 valence electrons. The number of nitrogens with two attached hydrogens (primary N) is 2. The Morgan fingerprint density at radius 2 is 1.16 bits per heavy atom. The van der Waals surface area contributed by atoms with Gasteiger partial charge in [0.1, 0.15) is 47.6 Å². The van der Waals surface area contributed by atoms with Crippen LogP contribution in [0.4, 0.5) is 11.4 Å². The Morgan fingerprint density at radius 3 is 1.71 bits per heavy atom. The number of nitrogens with one attached hydrogen (secondary N) is 6. The molecule has 3 heterocycles. The predicted molar refractivity (Wildman–Crippen MR) is 335 cm³/mol. The molecular formula is C62H93GdN13O15+3. The molecule has 2 aliphatic rings. The SMILES string of the molecule is CC[C@H](C)[C@H](NC(=O)[C@H](CC(C)C)Nc1c(NCCCc2cc3nc(c2)CN(CC(=O)O)CCN(CC(=O)O)CCN(CC(=O)O)C3)c(=O)c1=O)C(=O)N[C@@H](CCCCN)C(=O)N[C@@H](CCCCN)C(=O)N1CCC[C@H]1C(=O)N[C@@H](Cc1ccccc1)C(=O)O.[Gd+3]. The molecule has 0 aliphatic carbocycles. The molecule has 2 aromatic carbocycles. The standard InChI is InChI=1S/C62H93N13O15.Gd/c1-5-39(4)52(60(87)68-44(18-9-11-21-63)57(84)69-45(19-10-12-22-64)61(88)75-24-14-20-48(75)59(86)70-47(62(89)90)32-40-15-7-6-8-16-40)71-58(85)46(29-38(2)3)67-54-53(55(82)56(54)83)65-23-13-17-41-30-42-33-73(36-50(78)79)27-25-72(35-49(76)77)26-28-74(37-51(80)81)34-43(31-41)66-42;/h6-8,15-16,30-31,38-39,44-48,52,65,67H,5,9-14,17-29,32-37,63-64H2,1-4H3,(H,68,87)(H,69,84)(H,70,86)(H,71,85)(H,76,77)(H,78,79)(H,80,81)(H,89,90);/q;+3/t39-,44-,45-,46-,47-,48-,52-;/m0./s1. The molecule has 1 aromatic heterocycles. The van der Waals surface area contributed by atoms with Gasteiger partial charge in [0.15, 0.2) is 0 Å². The monoisotopic (exact) mass is 1420 g/mol. The van der Waals surface area contributed by atoms with Gasteiger partial charge in [-0.15, -0.1) is 0 Å². The molecule has 29 heteroatoms. The molecule has 3 aromatic rings. The van der Waals surface area contributed by atoms with Gasteiger partial charge in [0.2, 0.25) is 29.5 Å². The van der Waals surface area contributed by atoms with Crippen molar-refractivity contribution in [3.8, 4) is 0 Å². The van der Waals surface area contributed by atoms with E-state index in [-0.39, 0.29) is 168 Å². The fourth-order valence-electron chi connectivity index (χ4n) is 11.2. The summed E-state index contributed by atoms with van der Waals surface area (Å²) < 4.78 is 0. The number of hydrogen-bond donors (Lipinski definition) is 12. The first-order valence-corrected chi connectivity index (χ1v) is 31.2. The van der Waals surface area contributed by atoms with Gasteiger partial charge < -0.3 is 68.7 Å². The minimum Gasteiger partial charge on any atom is -0.480 e. The van der Waals surface area contributed by atoms with E-state index in [2.05, 4.69) is 31.9 Å². The number of aliphatic carboxylic acids is 4. The third-order valence-corrected chi connectivity index (χ3v) is 16.2. The van der Waals surface area contributed by atoms with Gasteiger partial charge >= 0.3 is 63.8 Å². The number of anilines is 2. The van der Waals surface area contributed by atoms with Gasteiger partial charge in [0.05, 0.1) is 31.0 Å². The number of carbonyl (C=O) groups excluding carboxylic acids is 5. The fraction of sp³-hybridized carbons (Fsp3) is 0.613. The van der Waals surface area contributed by atoms with E-state index < -0.39 is 106 Å². The van der Waals surface area contributed by atoms with Gasteiger partial charge in [-0.25, -0.2) is 4.79 Å². The Hall–Kier alpha value is -6.60. The number of pyridine rings is 1. The van der Waals surface area contributed by atoms with Gasteiger partial charge in [0.25, 0.3) is 10.9 Å². The number of fused-ring (bicyclic) bond motifs is 2. The molecule has 0 saturated carbocycles. The molecule has 1 saturated heterocycles. The van der Waals surface area contributed by atoms with Crippen LogP contribution in [0.3, 0.4) is 0 Å². The summed E-state index contributed by atoms with van der Waals surface area (Å²) in [6, 6.07) is 5.43. The van der Waals surface area contributed by atoms with Crippen molar-refractivity contribution in [1.82, 2.24) is 45.9 Å². The van der Waals surface area contributed by atoms with Crippen LogP contribution < -0.4 is 54.2 Å². The Labute approximate surface area is 562 Å². The first-order chi connectivity index (χ1) is 42.9. The predicted octanol–water partition coefficient (Wildman–Crippen LogP) is 0.284. The number of nitrogens with zero attached hydrogens (tertiary/aromatic N) is 5. The summed E-state index contributed by atoms with van der Waals surface area (Å²) in [5.74, 6) is -8.36. The van der Waals surface area contributed by atoms with Gasteiger partial charge in [-0.1, -0.05) is 64.4 Å². The third kappa shape index (κ3) is 25.1. The second kappa shape index (κ2) is 39.1. The van der Waals surface area contributed by atoms with Crippen molar-refractivity contribution in [2.75, 3.05) is 82.6 Å². The summed E-state index contributed by atoms with van der Waals surface area (Å²) >= 11 is 0. The zero-order valence-corrected chi connectivity index (χ0v) is 54.8. The molecule has 1 fully saturated rings. The van der Waals surface area contributed by atoms with Gasteiger partial charge in [0, 0.05) is 58.8 Å². The molecule has 0 unspecified atom stereocenters. The summed E-state index contributed by atoms with van der Waals surface area (Å²) in [7, 11) is 0. The van der Waals surface area contributed by atoms with Crippen LogP contribution in [0.25, 0.3) is 0 Å². The topological polar surface area (TPSA) is 419 Å². The van der Waals surface area contributed by atoms with E-state index in [1.165, 1.54) is 4.90 Å². The third-order valence-electron chi connectivity index (χ3n) is 16.2. The second-order valence-corrected chi connectivity index (χ2v) is 23.9. The molecule has 2 aliphatic heterocycles. The first-order valence-electron chi connectivity index (χ1n) is 31.2. The molecule has 91 heavy (non-hydrogen) atoms. The summed E-state index contributed by atoms with van der Waals surface area (Å²) in [5, 5.41) is 56.2. The number of likely N-dealkylation sites (tertiary alicyclic amines) is 1. The zero-order chi connectivity index (χ0) is 66.0. The van der Waals surface area contributed by atoms with E-state index in [9.17, 15) is 73.2 Å². The average molecular weight is 1420 g/mol. The van der Waals surface area contributed by atoms with Crippen LogP contribution in [-0.4, -0.2) is 207 Å². The number of aryl methyl sites for hydroxylation is 1. The molecule has 14 N–H and O–H groups in total. The molecule has 1 radical (unpaired) electrons. The Morgan fingerprint density at radius 1 is 0.626 bits per heavy atom. The quantitative estimate of drug-likeness (QED) is 0.0272. The molecule has 5 amide bonds. The van der Waals surface area contributed by atoms with Crippen molar-refractivity contribution < 1.29 is 104 Å². The Kier molecular flexibility index (Phi) is 33.0. The summed E-state index contributed by atoms with van der Waals surface area (Å²) in [5.41, 5.74) is 12.4. The largest absolute Gasteiger partial charge is 3.00 e. The molecule has 7 atom stereocenters. The van der Waals surface area contributed by atoms with Crippen molar-refractivity contribution in [3.63, 3.8) is 0 Å². The smallest absolute Gasteiger partial charge is 0.480 e. The van der Waals surface area contributed by atoms with E-state index >= 15 is 0 Å². The number of carbonyl (C=O) groups is 9. The second-order valence-electron chi connectivity index (χ2n) is 23.9. The maximum absolute atomic E-state index is 14.5. The minimum absolute atomic E-state index is 0. The fourth-order valence-corrected chi connectivity index (χ4v) is 11.2. The van der Waals surface area contributed by atoms with Crippen LogP contribution in [0.2, 0.25) is 0 Å². The van der Waals surface area contributed by atoms with E-state index in [0.29, 0.717) is 74.9 Å². The molecular weight excluding hydrogens is 1320 g/mol. The zero-order valence-electron chi connectivity index (χ0n) is 52.6. The Bertz CT molecular complexity index is 2940. The number of carboxylic acids is 4. The van der Waals surface area contributed by atoms with Crippen molar-refractivity contribution in [2.45, 2.75) is 161 Å². The summed E-state index contributed by atoms with van der Waals surface area (Å²) in [6.07, 6.45) is 4.19. The maximum Gasteiger partial charge on any atom is 3.00 e. The van der Waals surface area contributed by atoms with Crippen LogP contribution in [0, 0.1) is 51.8 Å². The van der Waals surface area contributed by atoms with Crippen molar-refractivity contribution >= 4 is 64.8 Å². The normalized spacial score (nSPS) is 17.0. The van der Waals surface area contributed by atoms with E-state index in [1.54, 1.807) is 64.1 Å². The Balaban J connectivity index is 0.0000177. The number of aromatic nitrogens is 1. The van der Waals surface area contributed by atoms with Crippen molar-refractivity contribution in [3.05, 3.63) is 85.4 Å². The van der Waals surface area contributed by atoms with Gasteiger partial charge in [-0.05, 0) is 119 Å². The molecule has 2 bridgehead atoms. The first kappa shape index (κ1) is 76.9. The van der Waals surface area contributed by atoms with Crippen molar-refractivity contribution in [1.29, 1.82) is 0 Å². The van der Waals surface area contributed by atoms with Gasteiger partial charge in [-0.2, -0.15) is 0 Å². The summed E-state index contributed by atoms with van der Waals surface area (Å²) in [4.78, 5) is 157. The number of carboxylic acid groups (broad SMARTS) is 4. The van der Waals surface area contributed by atoms with Crippen LogP contribution >= 0.6 is 0 Å².